The van der Waals surface area contributed by atoms with E-state index in [1.165, 1.54) is 0 Å². The van der Waals surface area contributed by atoms with Crippen LogP contribution >= 0.6 is 0 Å². The molecule has 0 aliphatic heterocycles. The molecule has 0 atom stereocenters. The molecule has 0 aliphatic rings. The molecule has 3 nitrogen and oxygen atoms in total. The van der Waals surface area contributed by atoms with E-state index in [1.54, 1.807) is 0 Å². The fourth-order valence-electron chi connectivity index (χ4n) is 0.766. The quantitative estimate of drug-likeness (QED) is 0.639. The van der Waals surface area contributed by atoms with Crippen molar-refractivity contribution in [1.82, 2.24) is 9.55 Å². The Kier molecular flexibility index (Phi) is 2.16. The summed E-state index contributed by atoms with van der Waals surface area (Å²) >= 11 is 0. The number of nitrogens with zero attached hydrogens (tertiary/aromatic N) is 2. The molecule has 1 aromatic heterocycles. The van der Waals surface area contributed by atoms with E-state index >= 15 is 0 Å². The van der Waals surface area contributed by atoms with E-state index < -0.39 is 12.7 Å². The van der Waals surface area contributed by atoms with Crippen molar-refractivity contribution in [1.29, 1.82) is 0 Å². The van der Waals surface area contributed by atoms with E-state index in [4.69, 9.17) is 0 Å². The van der Waals surface area contributed by atoms with Crippen LogP contribution in [0.1, 0.15) is 10.6 Å². The van der Waals surface area contributed by atoms with Gasteiger partial charge in [-0.25, -0.2) is 4.98 Å². The molecular weight excluding hydrogens is 173 g/mol. The van der Waals surface area contributed by atoms with Crippen LogP contribution in [0, 0.1) is 0 Å². The topological polar surface area (TPSA) is 34.9 Å². The number of carbonyl (C=O) groups excluding carboxylic acids is 1. The lowest BCUT2D eigenvalue weighted by atomic mass is 10.5. The van der Waals surface area contributed by atoms with Gasteiger partial charge in [-0.2, -0.15) is 13.2 Å². The van der Waals surface area contributed by atoms with E-state index in [0.717, 1.165) is 17.0 Å². The van der Waals surface area contributed by atoms with Crippen molar-refractivity contribution in [3.8, 4) is 0 Å². The Morgan fingerprint density at radius 1 is 1.58 bits per heavy atom. The maximum atomic E-state index is 11.8. The van der Waals surface area contributed by atoms with Crippen molar-refractivity contribution in [3.63, 3.8) is 0 Å². The van der Waals surface area contributed by atoms with Gasteiger partial charge in [-0.15, -0.1) is 0 Å². The number of imidazole rings is 1. The van der Waals surface area contributed by atoms with Crippen molar-refractivity contribution in [2.24, 2.45) is 0 Å². The summed E-state index contributed by atoms with van der Waals surface area (Å²) in [4.78, 5) is 13.5. The predicted octanol–water partition coefficient (Wildman–Crippen LogP) is 1.26. The minimum Gasteiger partial charge on any atom is -0.320 e. The molecule has 0 saturated carbocycles. The van der Waals surface area contributed by atoms with Crippen molar-refractivity contribution in [2.45, 2.75) is 12.7 Å². The molecule has 12 heavy (non-hydrogen) atoms. The van der Waals surface area contributed by atoms with Crippen LogP contribution in [-0.4, -0.2) is 22.0 Å². The molecule has 1 rings (SSSR count). The molecule has 0 radical (unpaired) electrons. The lowest BCUT2D eigenvalue weighted by Gasteiger charge is -2.07. The van der Waals surface area contributed by atoms with Gasteiger partial charge in [0.25, 0.3) is 0 Å². The van der Waals surface area contributed by atoms with E-state index in [0.29, 0.717) is 0 Å². The highest BCUT2D eigenvalue weighted by atomic mass is 19.4. The Bertz CT molecular complexity index is 279. The standard InChI is InChI=1S/C6H5F3N2O/c7-6(8,9)4-11-2-1-10-5(11)3-12/h1-3H,4H2. The molecule has 0 N–H and O–H groups in total. The third kappa shape index (κ3) is 2.08. The molecular formula is C6H5F3N2O. The molecule has 1 aromatic rings. The Balaban J connectivity index is 2.81. The van der Waals surface area contributed by atoms with Crippen LogP contribution in [-0.2, 0) is 6.54 Å². The normalized spacial score (nSPS) is 11.6. The van der Waals surface area contributed by atoms with Gasteiger partial charge in [0.1, 0.15) is 6.54 Å². The second-order valence-electron chi connectivity index (χ2n) is 2.15. The molecule has 0 aliphatic carbocycles. The third-order valence-corrected chi connectivity index (χ3v) is 1.20. The summed E-state index contributed by atoms with van der Waals surface area (Å²) in [7, 11) is 0. The van der Waals surface area contributed by atoms with Crippen LogP contribution in [0.5, 0.6) is 0 Å². The molecule has 1 heterocycles. The summed E-state index contributed by atoms with van der Waals surface area (Å²) in [5.41, 5.74) is 0. The zero-order valence-corrected chi connectivity index (χ0v) is 5.88. The molecule has 0 fully saturated rings. The Morgan fingerprint density at radius 3 is 2.75 bits per heavy atom. The van der Waals surface area contributed by atoms with E-state index in [2.05, 4.69) is 4.98 Å². The number of hydrogen-bond acceptors (Lipinski definition) is 2. The summed E-state index contributed by atoms with van der Waals surface area (Å²) in [6.07, 6.45) is -1.78. The van der Waals surface area contributed by atoms with Crippen molar-refractivity contribution in [2.75, 3.05) is 0 Å². The number of carbonyl (C=O) groups is 1. The number of alkyl halides is 3. The first-order chi connectivity index (χ1) is 5.53. The maximum absolute atomic E-state index is 11.8. The first kappa shape index (κ1) is 8.76. The van der Waals surface area contributed by atoms with Gasteiger partial charge in [0.2, 0.25) is 0 Å². The lowest BCUT2D eigenvalue weighted by Crippen LogP contribution is -2.18. The number of hydrogen-bond donors (Lipinski definition) is 0. The van der Waals surface area contributed by atoms with Gasteiger partial charge >= 0.3 is 6.18 Å². The number of halogens is 3. The summed E-state index contributed by atoms with van der Waals surface area (Å²) in [5.74, 6) is -0.215. The van der Waals surface area contributed by atoms with Crippen LogP contribution in [0.15, 0.2) is 12.4 Å². The highest BCUT2D eigenvalue weighted by Crippen LogP contribution is 2.17. The number of rotatable bonds is 2. The smallest absolute Gasteiger partial charge is 0.320 e. The minimum atomic E-state index is -4.32. The van der Waals surface area contributed by atoms with Crippen molar-refractivity contribution < 1.29 is 18.0 Å². The lowest BCUT2D eigenvalue weighted by molar-refractivity contribution is -0.140. The Morgan fingerprint density at radius 2 is 2.25 bits per heavy atom. The van der Waals surface area contributed by atoms with Gasteiger partial charge in [0.05, 0.1) is 0 Å². The monoisotopic (exact) mass is 178 g/mol. The minimum absolute atomic E-state index is 0.215. The van der Waals surface area contributed by atoms with Crippen LogP contribution in [0.4, 0.5) is 13.2 Å². The largest absolute Gasteiger partial charge is 0.406 e. The van der Waals surface area contributed by atoms with Gasteiger partial charge in [-0.3, -0.25) is 4.79 Å². The molecule has 0 spiro atoms. The second kappa shape index (κ2) is 2.96. The summed E-state index contributed by atoms with van der Waals surface area (Å²) in [5, 5.41) is 0. The number of aromatic nitrogens is 2. The van der Waals surface area contributed by atoms with Crippen LogP contribution in [0.3, 0.4) is 0 Å². The molecule has 0 saturated heterocycles. The molecule has 0 aromatic carbocycles. The summed E-state index contributed by atoms with van der Waals surface area (Å²) < 4.78 is 36.1. The van der Waals surface area contributed by atoms with Crippen LogP contribution < -0.4 is 0 Å². The van der Waals surface area contributed by atoms with Gasteiger partial charge in [0, 0.05) is 12.4 Å². The highest BCUT2D eigenvalue weighted by molar-refractivity contribution is 5.69. The average Bonchev–Trinajstić information content (AvgIpc) is 2.31. The average molecular weight is 178 g/mol. The Hall–Kier alpha value is -1.33. The van der Waals surface area contributed by atoms with Crippen LogP contribution in [0.2, 0.25) is 0 Å². The van der Waals surface area contributed by atoms with Gasteiger partial charge in [0.15, 0.2) is 12.1 Å². The van der Waals surface area contributed by atoms with Crippen molar-refractivity contribution >= 4 is 6.29 Å². The van der Waals surface area contributed by atoms with Gasteiger partial charge < -0.3 is 4.57 Å². The first-order valence-electron chi connectivity index (χ1n) is 3.06. The SMILES string of the molecule is O=Cc1nccn1CC(F)(F)F. The fraction of sp³-hybridized carbons (Fsp3) is 0.333. The van der Waals surface area contributed by atoms with Crippen molar-refractivity contribution in [3.05, 3.63) is 18.2 Å². The molecule has 0 bridgehead atoms. The molecule has 66 valence electrons. The second-order valence-corrected chi connectivity index (χ2v) is 2.15. The van der Waals surface area contributed by atoms with Crippen LogP contribution in [0.25, 0.3) is 0 Å². The van der Waals surface area contributed by atoms with E-state index in [9.17, 15) is 18.0 Å². The third-order valence-electron chi connectivity index (χ3n) is 1.20. The molecule has 0 unspecified atom stereocenters. The molecule has 0 amide bonds. The van der Waals surface area contributed by atoms with E-state index in [1.807, 2.05) is 0 Å². The zero-order chi connectivity index (χ0) is 9.19. The summed E-state index contributed by atoms with van der Waals surface area (Å²) in [6, 6.07) is 0. The van der Waals surface area contributed by atoms with Gasteiger partial charge in [-0.1, -0.05) is 0 Å². The number of aldehydes is 1. The van der Waals surface area contributed by atoms with E-state index in [-0.39, 0.29) is 12.1 Å². The first-order valence-corrected chi connectivity index (χ1v) is 3.06. The maximum Gasteiger partial charge on any atom is 0.406 e. The highest BCUT2D eigenvalue weighted by Gasteiger charge is 2.28. The van der Waals surface area contributed by atoms with Gasteiger partial charge in [-0.05, 0) is 0 Å². The molecule has 6 heteroatoms. The predicted molar refractivity (Wildman–Crippen MR) is 33.7 cm³/mol. The zero-order valence-electron chi connectivity index (χ0n) is 5.88. The fourth-order valence-corrected chi connectivity index (χ4v) is 0.766. The summed E-state index contributed by atoms with van der Waals surface area (Å²) in [6.45, 7) is -1.18. The Labute approximate surface area is 65.8 Å².